The second kappa shape index (κ2) is 17.6. The van der Waals surface area contributed by atoms with Crippen molar-refractivity contribution in [3.63, 3.8) is 0 Å². The molecular formula is C24H38N8OS. The van der Waals surface area contributed by atoms with E-state index in [-0.39, 0.29) is 11.0 Å². The third-order valence-electron chi connectivity index (χ3n) is 4.69. The number of carbonyl (C=O) groups excluding carboxylic acids is 1. The van der Waals surface area contributed by atoms with Crippen LogP contribution in [0.15, 0.2) is 51.5 Å². The van der Waals surface area contributed by atoms with Gasteiger partial charge in [-0.2, -0.15) is 0 Å². The lowest BCUT2D eigenvalue weighted by molar-refractivity contribution is -0.114. The Morgan fingerprint density at radius 3 is 2.71 bits per heavy atom. The van der Waals surface area contributed by atoms with Crippen LogP contribution in [0.1, 0.15) is 13.8 Å². The van der Waals surface area contributed by atoms with E-state index >= 15 is 0 Å². The van der Waals surface area contributed by atoms with Crippen LogP contribution in [-0.2, 0) is 4.79 Å². The number of aliphatic imine (C=N–C) groups is 3. The van der Waals surface area contributed by atoms with Crippen molar-refractivity contribution in [3.05, 3.63) is 36.5 Å². The van der Waals surface area contributed by atoms with Crippen LogP contribution in [-0.4, -0.2) is 93.7 Å². The monoisotopic (exact) mass is 486 g/mol. The number of anilines is 1. The molecule has 0 radical (unpaired) electrons. The molecule has 1 amide bonds. The Hall–Kier alpha value is -2.82. The maximum Gasteiger partial charge on any atom is 0.276 e. The zero-order valence-corrected chi connectivity index (χ0v) is 21.6. The van der Waals surface area contributed by atoms with Crippen LogP contribution in [0, 0.1) is 5.41 Å². The van der Waals surface area contributed by atoms with Gasteiger partial charge in [-0.15, -0.1) is 0 Å². The number of para-hydroxylation sites is 2. The van der Waals surface area contributed by atoms with Gasteiger partial charge in [0, 0.05) is 59.2 Å². The molecule has 0 bridgehead atoms. The summed E-state index contributed by atoms with van der Waals surface area (Å²) in [7, 11) is 3.41. The molecule has 2 rings (SSSR count). The number of rotatable bonds is 9. The van der Waals surface area contributed by atoms with Gasteiger partial charge in [-0.05, 0) is 30.6 Å². The SMILES string of the molecule is C=Nc1ccccc1N(C)CC(=N)SC(=NC)C(=O)NCC=N/C=C\CN1CCNCC1.CC. The molecule has 10 heteroatoms. The van der Waals surface area contributed by atoms with Crippen molar-refractivity contribution in [2.75, 3.05) is 64.8 Å². The average Bonchev–Trinajstić information content (AvgIpc) is 2.88. The second-order valence-electron chi connectivity index (χ2n) is 7.03. The number of nitrogens with zero attached hydrogens (tertiary/aromatic N) is 5. The minimum Gasteiger partial charge on any atom is -0.366 e. The van der Waals surface area contributed by atoms with Gasteiger partial charge >= 0.3 is 0 Å². The minimum absolute atomic E-state index is 0.237. The lowest BCUT2D eigenvalue weighted by atomic mass is 10.2. The Bertz CT molecular complexity index is 862. The summed E-state index contributed by atoms with van der Waals surface area (Å²) in [5.41, 5.74) is 1.62. The summed E-state index contributed by atoms with van der Waals surface area (Å²) < 4.78 is 0. The maximum atomic E-state index is 12.4. The van der Waals surface area contributed by atoms with Crippen molar-refractivity contribution in [2.24, 2.45) is 15.0 Å². The van der Waals surface area contributed by atoms with Gasteiger partial charge in [0.15, 0.2) is 5.04 Å². The van der Waals surface area contributed by atoms with Gasteiger partial charge in [-0.1, -0.05) is 32.1 Å². The normalized spacial score (nSPS) is 14.5. The first kappa shape index (κ1) is 29.2. The zero-order valence-electron chi connectivity index (χ0n) is 20.8. The van der Waals surface area contributed by atoms with Crippen molar-refractivity contribution in [2.45, 2.75) is 13.8 Å². The van der Waals surface area contributed by atoms with Crippen LogP contribution >= 0.6 is 11.8 Å². The van der Waals surface area contributed by atoms with Gasteiger partial charge in [-0.25, -0.2) is 0 Å². The van der Waals surface area contributed by atoms with Gasteiger partial charge in [0.1, 0.15) is 0 Å². The predicted octanol–water partition coefficient (Wildman–Crippen LogP) is 2.83. The van der Waals surface area contributed by atoms with Crippen molar-refractivity contribution in [3.8, 4) is 0 Å². The highest BCUT2D eigenvalue weighted by Crippen LogP contribution is 2.27. The number of hydrogen-bond acceptors (Lipinski definition) is 9. The molecule has 1 heterocycles. The molecule has 1 aromatic carbocycles. The molecule has 0 atom stereocenters. The molecule has 34 heavy (non-hydrogen) atoms. The predicted molar refractivity (Wildman–Crippen MR) is 149 cm³/mol. The largest absolute Gasteiger partial charge is 0.366 e. The Balaban J connectivity index is 0.00000281. The molecule has 1 saturated heterocycles. The quantitative estimate of drug-likeness (QED) is 0.367. The molecule has 0 spiro atoms. The smallest absolute Gasteiger partial charge is 0.276 e. The van der Waals surface area contributed by atoms with Crippen LogP contribution < -0.4 is 15.5 Å². The van der Waals surface area contributed by atoms with Gasteiger partial charge in [0.2, 0.25) is 0 Å². The van der Waals surface area contributed by atoms with Crippen molar-refractivity contribution in [1.29, 1.82) is 5.41 Å². The van der Waals surface area contributed by atoms with E-state index in [1.54, 1.807) is 19.5 Å². The fourth-order valence-corrected chi connectivity index (χ4v) is 3.79. The number of piperazine rings is 1. The van der Waals surface area contributed by atoms with Crippen LogP contribution in [0.3, 0.4) is 0 Å². The Kier molecular flexibility index (Phi) is 15.1. The Morgan fingerprint density at radius 2 is 2.03 bits per heavy atom. The highest BCUT2D eigenvalue weighted by Gasteiger charge is 2.16. The zero-order chi connectivity index (χ0) is 25.2. The van der Waals surface area contributed by atoms with Crippen molar-refractivity contribution >= 4 is 52.1 Å². The standard InChI is InChI=1S/C22H32N8OS.C2H6/c1-24-18-7-4-5-8-19(18)29(3)17-20(23)32-22(25-2)21(31)28-11-10-26-9-6-14-30-15-12-27-13-16-30;1-2/h4-10,23,27H,1,11-17H2,2-3H3,(H,28,31);1-2H3/b9-6-,23-20?,25-22?,26-10?;. The molecule has 0 aromatic heterocycles. The van der Waals surface area contributed by atoms with Crippen LogP contribution in [0.2, 0.25) is 0 Å². The number of thioether (sulfide) groups is 1. The lowest BCUT2D eigenvalue weighted by Gasteiger charge is -2.25. The van der Waals surface area contributed by atoms with E-state index in [0.717, 1.165) is 55.9 Å². The maximum absolute atomic E-state index is 12.4. The summed E-state index contributed by atoms with van der Waals surface area (Å²) >= 11 is 1.04. The average molecular weight is 487 g/mol. The van der Waals surface area contributed by atoms with E-state index in [1.807, 2.05) is 56.1 Å². The third-order valence-corrected chi connectivity index (χ3v) is 5.62. The molecule has 1 fully saturated rings. The Morgan fingerprint density at radius 1 is 1.32 bits per heavy atom. The molecule has 0 aliphatic carbocycles. The number of carbonyl (C=O) groups is 1. The summed E-state index contributed by atoms with van der Waals surface area (Å²) in [5.74, 6) is -0.325. The van der Waals surface area contributed by atoms with Crippen LogP contribution in [0.4, 0.5) is 11.4 Å². The molecule has 0 unspecified atom stereocenters. The number of hydrogen-bond donors (Lipinski definition) is 3. The van der Waals surface area contributed by atoms with Gasteiger partial charge in [0.25, 0.3) is 5.91 Å². The fraction of sp³-hybridized carbons (Fsp3) is 0.458. The summed E-state index contributed by atoms with van der Waals surface area (Å²) in [6.45, 7) is 13.2. The van der Waals surface area contributed by atoms with Crippen LogP contribution in [0.5, 0.6) is 0 Å². The van der Waals surface area contributed by atoms with E-state index in [9.17, 15) is 4.79 Å². The number of benzene rings is 1. The van der Waals surface area contributed by atoms with Crippen LogP contribution in [0.25, 0.3) is 0 Å². The molecule has 3 N–H and O–H groups in total. The molecule has 1 aliphatic rings. The van der Waals surface area contributed by atoms with Gasteiger partial charge < -0.3 is 15.5 Å². The van der Waals surface area contributed by atoms with E-state index in [0.29, 0.717) is 18.1 Å². The van der Waals surface area contributed by atoms with E-state index < -0.39 is 0 Å². The third kappa shape index (κ3) is 10.9. The van der Waals surface area contributed by atoms with E-state index in [1.165, 1.54) is 0 Å². The molecular weight excluding hydrogens is 448 g/mol. The van der Waals surface area contributed by atoms with E-state index in [4.69, 9.17) is 5.41 Å². The minimum atomic E-state index is -0.325. The number of amides is 1. The first-order valence-corrected chi connectivity index (χ1v) is 12.2. The highest BCUT2D eigenvalue weighted by atomic mass is 32.2. The topological polar surface area (TPSA) is 109 Å². The molecule has 9 nitrogen and oxygen atoms in total. The highest BCUT2D eigenvalue weighted by molar-refractivity contribution is 8.28. The Labute approximate surface area is 208 Å². The van der Waals surface area contributed by atoms with Gasteiger partial charge in [0.05, 0.1) is 29.5 Å². The summed E-state index contributed by atoms with van der Waals surface area (Å²) in [5, 5.41) is 14.9. The van der Waals surface area contributed by atoms with E-state index in [2.05, 4.69) is 37.2 Å². The molecule has 186 valence electrons. The summed E-state index contributed by atoms with van der Waals surface area (Å²) in [6.07, 6.45) is 5.40. The molecule has 1 aliphatic heterocycles. The van der Waals surface area contributed by atoms with Gasteiger partial charge in [-0.3, -0.25) is 30.1 Å². The first-order valence-electron chi connectivity index (χ1n) is 11.4. The van der Waals surface area contributed by atoms with Crippen molar-refractivity contribution in [1.82, 2.24) is 15.5 Å². The van der Waals surface area contributed by atoms with Crippen molar-refractivity contribution < 1.29 is 4.79 Å². The second-order valence-corrected chi connectivity index (χ2v) is 8.12. The molecule has 1 aromatic rings. The summed E-state index contributed by atoms with van der Waals surface area (Å²) in [6, 6.07) is 7.58. The molecule has 0 saturated carbocycles. The summed E-state index contributed by atoms with van der Waals surface area (Å²) in [4.78, 5) is 28.8. The number of nitrogens with one attached hydrogen (secondary N) is 3. The first-order chi connectivity index (χ1) is 16.5. The fourth-order valence-electron chi connectivity index (χ4n) is 3.04. The lowest BCUT2D eigenvalue weighted by Crippen LogP contribution is -2.43.